The molecule has 2 rings (SSSR count). The highest BCUT2D eigenvalue weighted by Crippen LogP contribution is 2.25. The van der Waals surface area contributed by atoms with Crippen molar-refractivity contribution in [1.29, 1.82) is 0 Å². The fourth-order valence-electron chi connectivity index (χ4n) is 2.71. The second-order valence-electron chi connectivity index (χ2n) is 5.63. The van der Waals surface area contributed by atoms with Crippen molar-refractivity contribution in [3.05, 3.63) is 22.9 Å². The first-order valence-electron chi connectivity index (χ1n) is 7.18. The molecule has 0 amide bonds. The van der Waals surface area contributed by atoms with Gasteiger partial charge in [-0.15, -0.1) is 0 Å². The molecule has 1 aliphatic rings. The number of nitrogens with one attached hydrogen (secondary N) is 1. The van der Waals surface area contributed by atoms with Crippen LogP contribution in [0, 0.1) is 0 Å². The van der Waals surface area contributed by atoms with Crippen molar-refractivity contribution in [3.63, 3.8) is 0 Å². The molecule has 0 bridgehead atoms. The lowest BCUT2D eigenvalue weighted by atomic mass is 9.94. The lowest BCUT2D eigenvalue weighted by molar-refractivity contribution is 0.0697. The molecule has 1 aromatic heterocycles. The van der Waals surface area contributed by atoms with Crippen molar-refractivity contribution in [2.24, 2.45) is 0 Å². The number of hydrogen-bond acceptors (Lipinski definition) is 4. The van der Waals surface area contributed by atoms with Gasteiger partial charge in [-0.3, -0.25) is 0 Å². The van der Waals surface area contributed by atoms with Crippen molar-refractivity contribution >= 4 is 11.8 Å². The first-order chi connectivity index (χ1) is 9.47. The smallest absolute Gasteiger partial charge is 0.339 e. The lowest BCUT2D eigenvalue weighted by Crippen LogP contribution is -2.23. The zero-order chi connectivity index (χ0) is 14.7. The number of fused-ring (bicyclic) bond motifs is 1. The Bertz CT molecular complexity index is 500. The number of aliphatic hydroxyl groups excluding tert-OH is 1. The van der Waals surface area contributed by atoms with Gasteiger partial charge in [-0.05, 0) is 57.6 Å². The molecular formula is C15H22N2O3. The maximum absolute atomic E-state index is 11.4. The van der Waals surface area contributed by atoms with Gasteiger partial charge in [-0.2, -0.15) is 0 Å². The normalized spacial score (nSPS) is 17.1. The summed E-state index contributed by atoms with van der Waals surface area (Å²) in [5, 5.41) is 21.8. The number of aryl methyl sites for hydroxylation is 2. The van der Waals surface area contributed by atoms with Gasteiger partial charge < -0.3 is 15.5 Å². The van der Waals surface area contributed by atoms with Crippen LogP contribution in [0.2, 0.25) is 0 Å². The highest BCUT2D eigenvalue weighted by Gasteiger charge is 2.20. The number of anilines is 1. The average Bonchev–Trinajstić information content (AvgIpc) is 2.36. The van der Waals surface area contributed by atoms with E-state index in [-0.39, 0.29) is 11.6 Å². The molecule has 20 heavy (non-hydrogen) atoms. The largest absolute Gasteiger partial charge is 0.478 e. The van der Waals surface area contributed by atoms with Crippen LogP contribution in [-0.2, 0) is 12.8 Å². The second-order valence-corrected chi connectivity index (χ2v) is 5.63. The van der Waals surface area contributed by atoms with Crippen LogP contribution >= 0.6 is 0 Å². The number of rotatable bonds is 5. The van der Waals surface area contributed by atoms with Crippen LogP contribution in [0.5, 0.6) is 0 Å². The number of hydrogen-bond donors (Lipinski definition) is 3. The minimum Gasteiger partial charge on any atom is -0.478 e. The molecule has 2 unspecified atom stereocenters. The van der Waals surface area contributed by atoms with Crippen LogP contribution in [0.15, 0.2) is 6.07 Å². The fraction of sp³-hybridized carbons (Fsp3) is 0.600. The van der Waals surface area contributed by atoms with E-state index in [9.17, 15) is 15.0 Å². The summed E-state index contributed by atoms with van der Waals surface area (Å²) < 4.78 is 0. The zero-order valence-corrected chi connectivity index (χ0v) is 12.0. The van der Waals surface area contributed by atoms with E-state index in [0.29, 0.717) is 12.2 Å². The van der Waals surface area contributed by atoms with Crippen LogP contribution in [-0.4, -0.2) is 33.3 Å². The maximum Gasteiger partial charge on any atom is 0.339 e. The minimum absolute atomic E-state index is 0.0257. The third-order valence-corrected chi connectivity index (χ3v) is 3.61. The number of aromatic nitrogens is 1. The van der Waals surface area contributed by atoms with Crippen molar-refractivity contribution in [3.8, 4) is 0 Å². The summed E-state index contributed by atoms with van der Waals surface area (Å²) in [4.78, 5) is 15.9. The highest BCUT2D eigenvalue weighted by atomic mass is 16.4. The topological polar surface area (TPSA) is 82.5 Å². The van der Waals surface area contributed by atoms with E-state index in [1.165, 1.54) is 0 Å². The molecule has 1 aliphatic carbocycles. The van der Waals surface area contributed by atoms with Crippen molar-refractivity contribution in [1.82, 2.24) is 4.98 Å². The Labute approximate surface area is 119 Å². The standard InChI is InChI=1S/C15H22N2O3/c1-9(7-10(2)18)16-14-12(15(19)20)8-11-5-3-4-6-13(11)17-14/h8-10,18H,3-7H2,1-2H3,(H,16,17)(H,19,20). The second kappa shape index (κ2) is 6.22. The monoisotopic (exact) mass is 278 g/mol. The van der Waals surface area contributed by atoms with Gasteiger partial charge in [0.1, 0.15) is 11.4 Å². The summed E-state index contributed by atoms with van der Waals surface area (Å²) in [6.07, 6.45) is 4.15. The number of pyridine rings is 1. The molecule has 0 fully saturated rings. The molecule has 2 atom stereocenters. The van der Waals surface area contributed by atoms with Crippen LogP contribution in [0.4, 0.5) is 5.82 Å². The van der Waals surface area contributed by atoms with Gasteiger partial charge in [-0.1, -0.05) is 0 Å². The van der Waals surface area contributed by atoms with Gasteiger partial charge >= 0.3 is 5.97 Å². The maximum atomic E-state index is 11.4. The Morgan fingerprint density at radius 3 is 2.75 bits per heavy atom. The molecule has 0 radical (unpaired) electrons. The number of carboxylic acids is 1. The molecule has 3 N–H and O–H groups in total. The van der Waals surface area contributed by atoms with E-state index in [1.807, 2.05) is 6.92 Å². The quantitative estimate of drug-likeness (QED) is 0.769. The SMILES string of the molecule is CC(O)CC(C)Nc1nc2c(cc1C(=O)O)CCCC2. The van der Waals surface area contributed by atoms with Crippen LogP contribution in [0.3, 0.4) is 0 Å². The van der Waals surface area contributed by atoms with Crippen molar-refractivity contribution in [2.45, 2.75) is 58.1 Å². The highest BCUT2D eigenvalue weighted by molar-refractivity contribution is 5.93. The number of aromatic carboxylic acids is 1. The summed E-state index contributed by atoms with van der Waals surface area (Å²) in [6, 6.07) is 1.73. The predicted molar refractivity (Wildman–Crippen MR) is 77.2 cm³/mol. The molecule has 1 aromatic rings. The van der Waals surface area contributed by atoms with Gasteiger partial charge in [0.2, 0.25) is 0 Å². The summed E-state index contributed by atoms with van der Waals surface area (Å²) in [6.45, 7) is 3.63. The van der Waals surface area contributed by atoms with Crippen LogP contribution in [0.1, 0.15) is 54.7 Å². The predicted octanol–water partition coefficient (Wildman–Crippen LogP) is 2.23. The first kappa shape index (κ1) is 14.8. The Morgan fingerprint density at radius 1 is 1.40 bits per heavy atom. The average molecular weight is 278 g/mol. The van der Waals surface area contributed by atoms with E-state index in [4.69, 9.17) is 0 Å². The Morgan fingerprint density at radius 2 is 2.10 bits per heavy atom. The molecule has 5 heteroatoms. The van der Waals surface area contributed by atoms with Crippen molar-refractivity contribution in [2.75, 3.05) is 5.32 Å². The van der Waals surface area contributed by atoms with Crippen LogP contribution < -0.4 is 5.32 Å². The number of aliphatic hydroxyl groups is 1. The van der Waals surface area contributed by atoms with Gasteiger partial charge in [0.25, 0.3) is 0 Å². The lowest BCUT2D eigenvalue weighted by Gasteiger charge is -2.21. The number of nitrogens with zero attached hydrogens (tertiary/aromatic N) is 1. The first-order valence-corrected chi connectivity index (χ1v) is 7.18. The molecule has 0 saturated carbocycles. The Hall–Kier alpha value is -1.62. The Kier molecular flexibility index (Phi) is 4.60. The number of carbonyl (C=O) groups is 1. The fourth-order valence-corrected chi connectivity index (χ4v) is 2.71. The van der Waals surface area contributed by atoms with Gasteiger partial charge in [0.15, 0.2) is 0 Å². The summed E-state index contributed by atoms with van der Waals surface area (Å²) >= 11 is 0. The summed E-state index contributed by atoms with van der Waals surface area (Å²) in [5.41, 5.74) is 2.29. The van der Waals surface area contributed by atoms with Crippen LogP contribution in [0.25, 0.3) is 0 Å². The molecular weight excluding hydrogens is 256 g/mol. The van der Waals surface area contributed by atoms with Gasteiger partial charge in [-0.25, -0.2) is 9.78 Å². The van der Waals surface area contributed by atoms with Gasteiger partial charge in [0.05, 0.1) is 6.10 Å². The molecule has 0 saturated heterocycles. The Balaban J connectivity index is 2.28. The molecule has 0 aromatic carbocycles. The zero-order valence-electron chi connectivity index (χ0n) is 12.0. The van der Waals surface area contributed by atoms with E-state index < -0.39 is 12.1 Å². The van der Waals surface area contributed by atoms with E-state index in [1.54, 1.807) is 13.0 Å². The molecule has 0 aliphatic heterocycles. The summed E-state index contributed by atoms with van der Waals surface area (Å²) in [7, 11) is 0. The molecule has 1 heterocycles. The third kappa shape index (κ3) is 3.48. The summed E-state index contributed by atoms with van der Waals surface area (Å²) in [5.74, 6) is -0.538. The minimum atomic E-state index is -0.961. The third-order valence-electron chi connectivity index (χ3n) is 3.61. The van der Waals surface area contributed by atoms with E-state index in [0.717, 1.165) is 36.9 Å². The molecule has 0 spiro atoms. The van der Waals surface area contributed by atoms with Gasteiger partial charge in [0, 0.05) is 11.7 Å². The number of carboxylic acid groups (broad SMARTS) is 1. The van der Waals surface area contributed by atoms with Crippen molar-refractivity contribution < 1.29 is 15.0 Å². The van der Waals surface area contributed by atoms with E-state index in [2.05, 4.69) is 10.3 Å². The van der Waals surface area contributed by atoms with E-state index >= 15 is 0 Å². The molecule has 110 valence electrons. The molecule has 5 nitrogen and oxygen atoms in total.